The maximum atomic E-state index is 9.65. The van der Waals surface area contributed by atoms with E-state index >= 15 is 0 Å². The average molecular weight is 306 g/mol. The molecule has 1 aliphatic rings. The molecule has 0 radical (unpaired) electrons. The third-order valence-electron chi connectivity index (χ3n) is 4.32. The summed E-state index contributed by atoms with van der Waals surface area (Å²) < 4.78 is 0. The van der Waals surface area contributed by atoms with Crippen LogP contribution in [0, 0.1) is 0 Å². The van der Waals surface area contributed by atoms with E-state index in [0.29, 0.717) is 6.54 Å². The fraction of sp³-hybridized carbons (Fsp3) is 0.167. The molecule has 0 saturated heterocycles. The number of aromatic nitrogens is 1. The number of H-pyrrole nitrogens is 1. The fourth-order valence-corrected chi connectivity index (χ4v) is 3.10. The van der Waals surface area contributed by atoms with Gasteiger partial charge in [-0.05, 0) is 36.2 Å². The second-order valence-electron chi connectivity index (χ2n) is 5.86. The molecule has 2 heterocycles. The van der Waals surface area contributed by atoms with Gasteiger partial charge in [-0.15, -0.1) is 0 Å². The molecule has 3 aromatic rings. The van der Waals surface area contributed by atoms with Crippen molar-refractivity contribution in [3.05, 3.63) is 59.8 Å². The van der Waals surface area contributed by atoms with Gasteiger partial charge in [0.15, 0.2) is 0 Å². The third kappa shape index (κ3) is 2.40. The van der Waals surface area contributed by atoms with Crippen LogP contribution < -0.4 is 11.1 Å². The normalized spacial score (nSPS) is 19.3. The molecule has 0 saturated carbocycles. The maximum Gasteiger partial charge on any atom is 0.131 e. The summed E-state index contributed by atoms with van der Waals surface area (Å²) in [6.45, 7) is 0.708. The van der Waals surface area contributed by atoms with Crippen LogP contribution in [-0.2, 0) is 12.1 Å². The number of para-hydroxylation sites is 1. The minimum absolute atomic E-state index is 0.276. The van der Waals surface area contributed by atoms with Gasteiger partial charge in [-0.1, -0.05) is 18.2 Å². The molecule has 5 N–H and O–H groups in total. The molecular weight excluding hydrogens is 288 g/mol. The van der Waals surface area contributed by atoms with E-state index in [1.807, 2.05) is 36.5 Å². The number of aliphatic imine (C=N–C) groups is 1. The van der Waals surface area contributed by atoms with E-state index in [-0.39, 0.29) is 5.75 Å². The van der Waals surface area contributed by atoms with E-state index in [1.165, 1.54) is 0 Å². The van der Waals surface area contributed by atoms with Gasteiger partial charge in [0.1, 0.15) is 11.4 Å². The molecule has 0 bridgehead atoms. The highest BCUT2D eigenvalue weighted by Gasteiger charge is 2.31. The number of phenols is 1. The molecule has 1 aliphatic heterocycles. The van der Waals surface area contributed by atoms with Crippen molar-refractivity contribution in [3.63, 3.8) is 0 Å². The van der Waals surface area contributed by atoms with Crippen molar-refractivity contribution < 1.29 is 5.11 Å². The molecule has 23 heavy (non-hydrogen) atoms. The Morgan fingerprint density at radius 2 is 2.09 bits per heavy atom. The Hall–Kier alpha value is -2.63. The number of rotatable bonds is 4. The van der Waals surface area contributed by atoms with E-state index in [9.17, 15) is 5.11 Å². The summed E-state index contributed by atoms with van der Waals surface area (Å²) in [5.41, 5.74) is 9.80. The largest absolute Gasteiger partial charge is 0.508 e. The monoisotopic (exact) mass is 306 g/mol. The standard InChI is InChI=1S/C18H18N4O/c19-18(11-21-17-4-2-1-3-15(17)18)22-8-7-12-10-20-16-6-5-13(23)9-14(12)16/h1-6,9-11,20,22-23H,7-8,19H2. The number of fused-ring (bicyclic) bond motifs is 2. The van der Waals surface area contributed by atoms with Crippen LogP contribution in [0.3, 0.4) is 0 Å². The van der Waals surface area contributed by atoms with E-state index in [4.69, 9.17) is 5.73 Å². The van der Waals surface area contributed by atoms with Crippen LogP contribution in [0.25, 0.3) is 10.9 Å². The topological polar surface area (TPSA) is 86.4 Å². The summed E-state index contributed by atoms with van der Waals surface area (Å²) in [5.74, 6) is 0.276. The summed E-state index contributed by atoms with van der Waals surface area (Å²) in [6, 6.07) is 13.2. The number of phenolic OH excluding ortho intramolecular Hbond substituents is 1. The van der Waals surface area contributed by atoms with Crippen LogP contribution in [-0.4, -0.2) is 22.8 Å². The van der Waals surface area contributed by atoms with Gasteiger partial charge in [-0.25, -0.2) is 0 Å². The molecule has 0 aliphatic carbocycles. The Kier molecular flexibility index (Phi) is 3.18. The van der Waals surface area contributed by atoms with Crippen LogP contribution in [0.15, 0.2) is 53.7 Å². The zero-order chi connectivity index (χ0) is 15.9. The van der Waals surface area contributed by atoms with Crippen LogP contribution in [0.5, 0.6) is 5.75 Å². The van der Waals surface area contributed by atoms with Crippen LogP contribution >= 0.6 is 0 Å². The second kappa shape index (κ2) is 5.22. The quantitative estimate of drug-likeness (QED) is 0.559. The number of aromatic amines is 1. The first kappa shape index (κ1) is 14.0. The zero-order valence-corrected chi connectivity index (χ0v) is 12.6. The molecule has 1 atom stereocenters. The van der Waals surface area contributed by atoms with Gasteiger partial charge in [-0.3, -0.25) is 10.3 Å². The van der Waals surface area contributed by atoms with E-state index in [2.05, 4.69) is 15.3 Å². The van der Waals surface area contributed by atoms with Crippen LogP contribution in [0.4, 0.5) is 5.69 Å². The summed E-state index contributed by atoms with van der Waals surface area (Å²) in [6.07, 6.45) is 4.54. The van der Waals surface area contributed by atoms with Crippen molar-refractivity contribution in [1.82, 2.24) is 10.3 Å². The number of benzene rings is 2. The first-order valence-corrected chi connectivity index (χ1v) is 7.63. The SMILES string of the molecule is NC1(NCCc2c[nH]c3ccc(O)cc23)C=Nc2ccccc21. The Morgan fingerprint density at radius 1 is 1.22 bits per heavy atom. The van der Waals surface area contributed by atoms with E-state index < -0.39 is 5.66 Å². The first-order valence-electron chi connectivity index (χ1n) is 7.63. The van der Waals surface area contributed by atoms with Gasteiger partial charge in [0.25, 0.3) is 0 Å². The van der Waals surface area contributed by atoms with Crippen molar-refractivity contribution in [1.29, 1.82) is 0 Å². The summed E-state index contributed by atoms with van der Waals surface area (Å²) in [4.78, 5) is 7.60. The van der Waals surface area contributed by atoms with Gasteiger partial charge in [-0.2, -0.15) is 0 Å². The average Bonchev–Trinajstić information content (AvgIpc) is 3.10. The third-order valence-corrected chi connectivity index (χ3v) is 4.32. The minimum atomic E-state index is -0.717. The zero-order valence-electron chi connectivity index (χ0n) is 12.6. The molecule has 0 fully saturated rings. The lowest BCUT2D eigenvalue weighted by Gasteiger charge is -2.24. The Bertz CT molecular complexity index is 899. The molecule has 0 spiro atoms. The van der Waals surface area contributed by atoms with Crippen molar-refractivity contribution in [2.45, 2.75) is 12.1 Å². The Labute approximate surface area is 133 Å². The van der Waals surface area contributed by atoms with Crippen LogP contribution in [0.1, 0.15) is 11.1 Å². The van der Waals surface area contributed by atoms with E-state index in [0.717, 1.165) is 34.1 Å². The second-order valence-corrected chi connectivity index (χ2v) is 5.86. The van der Waals surface area contributed by atoms with Gasteiger partial charge >= 0.3 is 0 Å². The van der Waals surface area contributed by atoms with Crippen LogP contribution in [0.2, 0.25) is 0 Å². The summed E-state index contributed by atoms with van der Waals surface area (Å²) in [5, 5.41) is 14.1. The smallest absolute Gasteiger partial charge is 0.131 e. The van der Waals surface area contributed by atoms with Gasteiger partial charge in [0, 0.05) is 35.4 Å². The Morgan fingerprint density at radius 3 is 3.00 bits per heavy atom. The lowest BCUT2D eigenvalue weighted by Crippen LogP contribution is -2.51. The number of nitrogens with two attached hydrogens (primary N) is 1. The van der Waals surface area contributed by atoms with E-state index in [1.54, 1.807) is 18.3 Å². The lowest BCUT2D eigenvalue weighted by atomic mass is 10.0. The molecule has 1 aromatic heterocycles. The maximum absolute atomic E-state index is 9.65. The molecule has 5 heteroatoms. The van der Waals surface area contributed by atoms with Crippen molar-refractivity contribution in [2.75, 3.05) is 6.54 Å². The van der Waals surface area contributed by atoms with Gasteiger partial charge in [0.05, 0.1) is 5.69 Å². The minimum Gasteiger partial charge on any atom is -0.508 e. The number of nitrogens with zero attached hydrogens (tertiary/aromatic N) is 1. The highest BCUT2D eigenvalue weighted by atomic mass is 16.3. The van der Waals surface area contributed by atoms with Gasteiger partial charge < -0.3 is 15.8 Å². The molecular formula is C18H18N4O. The van der Waals surface area contributed by atoms with Crippen molar-refractivity contribution in [2.24, 2.45) is 10.7 Å². The Balaban J connectivity index is 1.50. The number of hydrogen-bond acceptors (Lipinski definition) is 4. The predicted octanol–water partition coefficient (Wildman–Crippen LogP) is 2.53. The molecule has 5 nitrogen and oxygen atoms in total. The van der Waals surface area contributed by atoms with Gasteiger partial charge in [0.2, 0.25) is 0 Å². The summed E-state index contributed by atoms with van der Waals surface area (Å²) in [7, 11) is 0. The number of hydrogen-bond donors (Lipinski definition) is 4. The number of nitrogens with one attached hydrogen (secondary N) is 2. The summed E-state index contributed by atoms with van der Waals surface area (Å²) >= 11 is 0. The highest BCUT2D eigenvalue weighted by molar-refractivity contribution is 5.85. The first-order chi connectivity index (χ1) is 11.2. The predicted molar refractivity (Wildman–Crippen MR) is 92.1 cm³/mol. The fourth-order valence-electron chi connectivity index (χ4n) is 3.10. The molecule has 2 aromatic carbocycles. The number of aromatic hydroxyl groups is 1. The van der Waals surface area contributed by atoms with Crippen molar-refractivity contribution >= 4 is 22.8 Å². The highest BCUT2D eigenvalue weighted by Crippen LogP contribution is 2.31. The molecule has 0 amide bonds. The van der Waals surface area contributed by atoms with Crippen molar-refractivity contribution in [3.8, 4) is 5.75 Å². The lowest BCUT2D eigenvalue weighted by molar-refractivity contribution is 0.476. The molecule has 1 unspecified atom stereocenters. The molecule has 4 rings (SSSR count). The molecule has 116 valence electrons.